The van der Waals surface area contributed by atoms with E-state index >= 15 is 0 Å². The molecule has 22 heavy (non-hydrogen) atoms. The Bertz CT molecular complexity index is 657. The van der Waals surface area contributed by atoms with Crippen molar-refractivity contribution in [2.24, 2.45) is 11.3 Å². The average Bonchev–Trinajstić information content (AvgIpc) is 2.85. The van der Waals surface area contributed by atoms with Crippen LogP contribution in [0.3, 0.4) is 0 Å². The van der Waals surface area contributed by atoms with Gasteiger partial charge in [0.1, 0.15) is 0 Å². The van der Waals surface area contributed by atoms with Gasteiger partial charge in [0, 0.05) is 4.88 Å². The molecule has 0 bridgehead atoms. The fraction of sp³-hybridized carbons (Fsp3) is 0.389. The summed E-state index contributed by atoms with van der Waals surface area (Å²) in [6.45, 7) is 8.98. The number of benzene rings is 1. The number of thiophene rings is 1. The summed E-state index contributed by atoms with van der Waals surface area (Å²) in [5, 5.41) is 5.48. The lowest BCUT2D eigenvalue weighted by atomic mass is 9.80. The van der Waals surface area contributed by atoms with Crippen LogP contribution in [0.2, 0.25) is 5.02 Å². The zero-order valence-electron chi connectivity index (χ0n) is 13.4. The van der Waals surface area contributed by atoms with Crippen LogP contribution < -0.4 is 5.32 Å². The minimum absolute atomic E-state index is 0.159. The lowest BCUT2D eigenvalue weighted by molar-refractivity contribution is 0.102. The summed E-state index contributed by atoms with van der Waals surface area (Å²) in [5.41, 5.74) is 1.64. The third kappa shape index (κ3) is 4.11. The Balaban J connectivity index is 2.14. The highest BCUT2D eigenvalue weighted by atomic mass is 35.5. The Morgan fingerprint density at radius 2 is 1.95 bits per heavy atom. The molecule has 0 spiro atoms. The molecule has 1 unspecified atom stereocenters. The molecule has 2 rings (SSSR count). The Morgan fingerprint density at radius 3 is 2.59 bits per heavy atom. The number of carbonyl (C=O) groups excluding carboxylic acids is 1. The molecule has 0 aliphatic carbocycles. The first-order valence-corrected chi connectivity index (χ1v) is 8.67. The molecule has 0 radical (unpaired) electrons. The molecule has 2 aromatic rings. The van der Waals surface area contributed by atoms with E-state index in [-0.39, 0.29) is 11.3 Å². The summed E-state index contributed by atoms with van der Waals surface area (Å²) in [4.78, 5) is 13.6. The quantitative estimate of drug-likeness (QED) is 0.742. The van der Waals surface area contributed by atoms with Gasteiger partial charge in [-0.1, -0.05) is 51.4 Å². The molecule has 2 nitrogen and oxygen atoms in total. The van der Waals surface area contributed by atoms with Crippen LogP contribution in [0.5, 0.6) is 0 Å². The smallest absolute Gasteiger partial charge is 0.257 e. The molecular formula is C18H22ClNOS. The number of amides is 1. The number of hydrogen-bond donors (Lipinski definition) is 1. The van der Waals surface area contributed by atoms with Gasteiger partial charge in [-0.2, -0.15) is 0 Å². The topological polar surface area (TPSA) is 29.1 Å². The molecule has 0 aliphatic rings. The van der Waals surface area contributed by atoms with Crippen LogP contribution in [0.25, 0.3) is 0 Å². The summed E-state index contributed by atoms with van der Waals surface area (Å²) in [5.74, 6) is 0.371. The van der Waals surface area contributed by atoms with Gasteiger partial charge in [-0.15, -0.1) is 11.3 Å². The number of rotatable bonds is 4. The number of hydrogen-bond acceptors (Lipinski definition) is 2. The van der Waals surface area contributed by atoms with Gasteiger partial charge in [-0.25, -0.2) is 0 Å². The van der Waals surface area contributed by atoms with Gasteiger partial charge in [0.05, 0.1) is 16.3 Å². The standard InChI is InChI=1S/C18H22ClNOS/c1-12(18(2,3)4)11-16-15(9-10-22-16)20-17(21)13-7-5-6-8-14(13)19/h5-10,12H,11H2,1-4H3,(H,20,21). The first kappa shape index (κ1) is 17.0. The van der Waals surface area contributed by atoms with Gasteiger partial charge in [-0.3, -0.25) is 4.79 Å². The Kier molecular flexibility index (Phi) is 5.30. The lowest BCUT2D eigenvalue weighted by Gasteiger charge is -2.27. The van der Waals surface area contributed by atoms with Gasteiger partial charge in [0.25, 0.3) is 5.91 Å². The van der Waals surface area contributed by atoms with Crippen molar-refractivity contribution in [1.82, 2.24) is 0 Å². The summed E-state index contributed by atoms with van der Waals surface area (Å²) >= 11 is 7.77. The molecule has 1 aromatic carbocycles. The normalized spacial score (nSPS) is 13.0. The highest BCUT2D eigenvalue weighted by Gasteiger charge is 2.22. The highest BCUT2D eigenvalue weighted by molar-refractivity contribution is 7.10. The van der Waals surface area contributed by atoms with E-state index in [2.05, 4.69) is 33.0 Å². The van der Waals surface area contributed by atoms with E-state index in [1.165, 1.54) is 4.88 Å². The van der Waals surface area contributed by atoms with Gasteiger partial charge in [-0.05, 0) is 41.3 Å². The predicted octanol–water partition coefficient (Wildman–Crippen LogP) is 5.88. The predicted molar refractivity (Wildman–Crippen MR) is 96.0 cm³/mol. The molecule has 1 amide bonds. The second kappa shape index (κ2) is 6.84. The second-order valence-corrected chi connectivity index (χ2v) is 8.07. The van der Waals surface area contributed by atoms with Gasteiger partial charge < -0.3 is 5.32 Å². The largest absolute Gasteiger partial charge is 0.321 e. The van der Waals surface area contributed by atoms with Crippen LogP contribution in [0.15, 0.2) is 35.7 Å². The van der Waals surface area contributed by atoms with Crippen molar-refractivity contribution in [1.29, 1.82) is 0 Å². The van der Waals surface area contributed by atoms with Crippen molar-refractivity contribution in [2.45, 2.75) is 34.1 Å². The maximum Gasteiger partial charge on any atom is 0.257 e. The van der Waals surface area contributed by atoms with Crippen molar-refractivity contribution in [3.8, 4) is 0 Å². The minimum atomic E-state index is -0.159. The summed E-state index contributed by atoms with van der Waals surface area (Å²) in [6, 6.07) is 9.06. The third-order valence-corrected chi connectivity index (χ3v) is 5.35. The molecule has 0 aliphatic heterocycles. The molecule has 1 heterocycles. The van der Waals surface area contributed by atoms with Gasteiger partial charge >= 0.3 is 0 Å². The van der Waals surface area contributed by atoms with Crippen molar-refractivity contribution in [3.05, 3.63) is 51.2 Å². The number of halogens is 1. The van der Waals surface area contributed by atoms with Gasteiger partial charge in [0.15, 0.2) is 0 Å². The summed E-state index contributed by atoms with van der Waals surface area (Å²) < 4.78 is 0. The maximum absolute atomic E-state index is 12.4. The van der Waals surface area contributed by atoms with Crippen molar-refractivity contribution >= 4 is 34.5 Å². The monoisotopic (exact) mass is 335 g/mol. The Labute approximate surface area is 141 Å². The molecule has 1 aromatic heterocycles. The van der Waals surface area contributed by atoms with Crippen molar-refractivity contribution in [3.63, 3.8) is 0 Å². The lowest BCUT2D eigenvalue weighted by Crippen LogP contribution is -2.20. The van der Waals surface area contributed by atoms with E-state index in [1.54, 1.807) is 23.5 Å². The van der Waals surface area contributed by atoms with E-state index < -0.39 is 0 Å². The zero-order chi connectivity index (χ0) is 16.3. The first-order valence-electron chi connectivity index (χ1n) is 7.41. The molecule has 118 valence electrons. The number of carbonyl (C=O) groups is 1. The fourth-order valence-electron chi connectivity index (χ4n) is 2.03. The number of anilines is 1. The summed E-state index contributed by atoms with van der Waals surface area (Å²) in [7, 11) is 0. The van der Waals surface area contributed by atoms with E-state index in [0.29, 0.717) is 16.5 Å². The fourth-order valence-corrected chi connectivity index (χ4v) is 3.21. The third-order valence-electron chi connectivity index (χ3n) is 4.08. The number of nitrogens with one attached hydrogen (secondary N) is 1. The molecule has 1 atom stereocenters. The average molecular weight is 336 g/mol. The minimum Gasteiger partial charge on any atom is -0.321 e. The molecule has 0 fully saturated rings. The van der Waals surface area contributed by atoms with Crippen LogP contribution in [-0.2, 0) is 6.42 Å². The Hall–Kier alpha value is -1.32. The van der Waals surface area contributed by atoms with Gasteiger partial charge in [0.2, 0.25) is 0 Å². The molecule has 4 heteroatoms. The maximum atomic E-state index is 12.4. The van der Waals surface area contributed by atoms with E-state index in [1.807, 2.05) is 23.6 Å². The molecular weight excluding hydrogens is 314 g/mol. The highest BCUT2D eigenvalue weighted by Crippen LogP contribution is 2.33. The SMILES string of the molecule is CC(Cc1sccc1NC(=O)c1ccccc1Cl)C(C)(C)C. The Morgan fingerprint density at radius 1 is 1.27 bits per heavy atom. The van der Waals surface area contributed by atoms with Crippen molar-refractivity contribution < 1.29 is 4.79 Å². The zero-order valence-corrected chi connectivity index (χ0v) is 15.0. The van der Waals surface area contributed by atoms with Crippen LogP contribution >= 0.6 is 22.9 Å². The summed E-state index contributed by atoms with van der Waals surface area (Å²) in [6.07, 6.45) is 0.958. The van der Waals surface area contributed by atoms with Crippen LogP contribution in [0, 0.1) is 11.3 Å². The molecule has 0 saturated carbocycles. The molecule has 1 N–H and O–H groups in total. The van der Waals surface area contributed by atoms with Crippen LogP contribution in [0.4, 0.5) is 5.69 Å². The van der Waals surface area contributed by atoms with E-state index in [9.17, 15) is 4.79 Å². The van der Waals surface area contributed by atoms with Crippen molar-refractivity contribution in [2.75, 3.05) is 5.32 Å². The first-order chi connectivity index (χ1) is 10.3. The van der Waals surface area contributed by atoms with Crippen LogP contribution in [0.1, 0.15) is 42.9 Å². The second-order valence-electron chi connectivity index (χ2n) is 6.66. The van der Waals surface area contributed by atoms with E-state index in [0.717, 1.165) is 12.1 Å². The van der Waals surface area contributed by atoms with Crippen LogP contribution in [-0.4, -0.2) is 5.91 Å². The molecule has 0 saturated heterocycles. The van der Waals surface area contributed by atoms with E-state index in [4.69, 9.17) is 11.6 Å².